The quantitative estimate of drug-likeness (QED) is 0.315. The molecule has 0 aromatic heterocycles. The molecule has 0 amide bonds. The minimum absolute atomic E-state index is 0.268. The number of aryl methyl sites for hydroxylation is 1. The van der Waals surface area contributed by atoms with Crippen molar-refractivity contribution < 1.29 is 14.3 Å². The number of benzene rings is 2. The van der Waals surface area contributed by atoms with Crippen LogP contribution in [0.25, 0.3) is 0 Å². The maximum atomic E-state index is 12.8. The van der Waals surface area contributed by atoms with Crippen LogP contribution in [0.5, 0.6) is 11.5 Å². The number of unbranched alkanes of at least 4 members (excludes halogenated alkanes) is 2. The molecule has 0 saturated heterocycles. The van der Waals surface area contributed by atoms with E-state index in [1.165, 1.54) is 16.7 Å². The molecule has 31 heavy (non-hydrogen) atoms. The van der Waals surface area contributed by atoms with Crippen molar-refractivity contribution in [1.29, 1.82) is 0 Å². The number of carbonyl (C=O) groups is 1. The van der Waals surface area contributed by atoms with Gasteiger partial charge in [-0.15, -0.1) is 0 Å². The number of Topliss-reactive ketones (excluding diaryl/α,β-unsaturated/α-hetero) is 1. The molecule has 1 heterocycles. The van der Waals surface area contributed by atoms with Crippen LogP contribution in [0.1, 0.15) is 66.1 Å². The molecule has 0 atom stereocenters. The maximum Gasteiger partial charge on any atom is 0.162 e. The molecular weight excluding hydrogens is 386 g/mol. The Balaban J connectivity index is 1.44. The molecule has 2 aromatic rings. The van der Waals surface area contributed by atoms with Crippen molar-refractivity contribution >= 4 is 5.78 Å². The van der Waals surface area contributed by atoms with Crippen LogP contribution in [-0.4, -0.2) is 44.5 Å². The molecule has 3 rings (SSSR count). The summed E-state index contributed by atoms with van der Waals surface area (Å²) in [5, 5.41) is 0. The van der Waals surface area contributed by atoms with Crippen molar-refractivity contribution in [1.82, 2.24) is 4.90 Å². The highest BCUT2D eigenvalue weighted by Gasteiger charge is 2.19. The molecule has 0 aliphatic carbocycles. The fourth-order valence-electron chi connectivity index (χ4n) is 4.25. The van der Waals surface area contributed by atoms with Gasteiger partial charge in [0.2, 0.25) is 0 Å². The number of fused-ring (bicyclic) bond motifs is 1. The van der Waals surface area contributed by atoms with Crippen LogP contribution in [0.2, 0.25) is 0 Å². The topological polar surface area (TPSA) is 38.8 Å². The monoisotopic (exact) mass is 423 g/mol. The first kappa shape index (κ1) is 23.3. The number of carbonyl (C=O) groups excluding carboxylic acids is 1. The Labute approximate surface area is 187 Å². The molecule has 168 valence electrons. The van der Waals surface area contributed by atoms with E-state index in [1.807, 2.05) is 12.1 Å². The van der Waals surface area contributed by atoms with E-state index in [-0.39, 0.29) is 5.78 Å². The number of methoxy groups -OCH3 is 1. The average molecular weight is 424 g/mol. The molecule has 1 aliphatic heterocycles. The van der Waals surface area contributed by atoms with Gasteiger partial charge in [0.25, 0.3) is 0 Å². The molecule has 0 N–H and O–H groups in total. The van der Waals surface area contributed by atoms with E-state index < -0.39 is 0 Å². The van der Waals surface area contributed by atoms with Crippen LogP contribution in [-0.2, 0) is 19.3 Å². The standard InChI is InChI=1S/C27H37NO3/c1-4-5-10-22-19-24(20-23-15-18-31-27(22)23)25(29)12-8-9-16-28(2)17-14-21-11-6-7-13-26(21)30-3/h6-7,11,13,19-20H,4-5,8-10,12,14-18H2,1-3H3. The average Bonchev–Trinajstić information content (AvgIpc) is 3.27. The summed E-state index contributed by atoms with van der Waals surface area (Å²) in [6.45, 7) is 4.93. The number of para-hydroxylation sites is 1. The zero-order chi connectivity index (χ0) is 22.1. The van der Waals surface area contributed by atoms with E-state index >= 15 is 0 Å². The fourth-order valence-corrected chi connectivity index (χ4v) is 4.25. The molecule has 2 aromatic carbocycles. The third kappa shape index (κ3) is 6.57. The highest BCUT2D eigenvalue weighted by atomic mass is 16.5. The summed E-state index contributed by atoms with van der Waals surface area (Å²) in [6, 6.07) is 12.4. The van der Waals surface area contributed by atoms with Gasteiger partial charge in [0.15, 0.2) is 5.78 Å². The summed E-state index contributed by atoms with van der Waals surface area (Å²) < 4.78 is 11.3. The highest BCUT2D eigenvalue weighted by molar-refractivity contribution is 5.96. The molecule has 0 spiro atoms. The summed E-state index contributed by atoms with van der Waals surface area (Å²) in [7, 11) is 3.87. The van der Waals surface area contributed by atoms with Crippen molar-refractivity contribution in [2.45, 2.75) is 58.3 Å². The van der Waals surface area contributed by atoms with E-state index in [2.05, 4.69) is 43.1 Å². The Kier molecular flexibility index (Phi) is 8.96. The van der Waals surface area contributed by atoms with E-state index in [0.29, 0.717) is 6.42 Å². The van der Waals surface area contributed by atoms with Crippen LogP contribution in [0.3, 0.4) is 0 Å². The number of hydrogen-bond donors (Lipinski definition) is 0. The van der Waals surface area contributed by atoms with Gasteiger partial charge < -0.3 is 14.4 Å². The minimum atomic E-state index is 0.268. The van der Waals surface area contributed by atoms with Gasteiger partial charge in [0.1, 0.15) is 11.5 Å². The van der Waals surface area contributed by atoms with Crippen molar-refractivity contribution in [3.05, 3.63) is 58.7 Å². The Bertz CT molecular complexity index is 862. The Morgan fingerprint density at radius 1 is 1.06 bits per heavy atom. The van der Waals surface area contributed by atoms with Gasteiger partial charge in [-0.3, -0.25) is 4.79 Å². The van der Waals surface area contributed by atoms with E-state index in [4.69, 9.17) is 9.47 Å². The third-order valence-corrected chi connectivity index (χ3v) is 6.13. The summed E-state index contributed by atoms with van der Waals surface area (Å²) >= 11 is 0. The van der Waals surface area contributed by atoms with E-state index in [1.54, 1.807) is 7.11 Å². The predicted octanol–water partition coefficient (Wildman–Crippen LogP) is 5.50. The molecule has 0 saturated carbocycles. The van der Waals surface area contributed by atoms with Crippen LogP contribution >= 0.6 is 0 Å². The lowest BCUT2D eigenvalue weighted by Gasteiger charge is -2.17. The van der Waals surface area contributed by atoms with Crippen LogP contribution in [0.4, 0.5) is 0 Å². The van der Waals surface area contributed by atoms with Crippen molar-refractivity contribution in [2.75, 3.05) is 33.9 Å². The lowest BCUT2D eigenvalue weighted by Crippen LogP contribution is -2.22. The lowest BCUT2D eigenvalue weighted by atomic mass is 9.96. The summed E-state index contributed by atoms with van der Waals surface area (Å²) in [4.78, 5) is 15.2. The van der Waals surface area contributed by atoms with Gasteiger partial charge in [-0.05, 0) is 80.6 Å². The van der Waals surface area contributed by atoms with Gasteiger partial charge in [-0.25, -0.2) is 0 Å². The van der Waals surface area contributed by atoms with Crippen molar-refractivity contribution in [3.8, 4) is 11.5 Å². The second kappa shape index (κ2) is 11.9. The molecule has 0 radical (unpaired) electrons. The number of likely N-dealkylation sites (N-methyl/N-ethyl adjacent to an activating group) is 1. The zero-order valence-electron chi connectivity index (χ0n) is 19.4. The van der Waals surface area contributed by atoms with Gasteiger partial charge in [0, 0.05) is 24.9 Å². The van der Waals surface area contributed by atoms with Crippen LogP contribution in [0, 0.1) is 0 Å². The molecule has 0 fully saturated rings. The second-order valence-electron chi connectivity index (χ2n) is 8.57. The van der Waals surface area contributed by atoms with Crippen molar-refractivity contribution in [2.24, 2.45) is 0 Å². The summed E-state index contributed by atoms with van der Waals surface area (Å²) in [6.07, 6.45) is 7.75. The first-order valence-electron chi connectivity index (χ1n) is 11.7. The number of hydrogen-bond acceptors (Lipinski definition) is 4. The Hall–Kier alpha value is -2.33. The molecule has 4 nitrogen and oxygen atoms in total. The molecule has 1 aliphatic rings. The minimum Gasteiger partial charge on any atom is -0.496 e. The lowest BCUT2D eigenvalue weighted by molar-refractivity contribution is 0.0978. The predicted molar refractivity (Wildman–Crippen MR) is 127 cm³/mol. The van der Waals surface area contributed by atoms with E-state index in [0.717, 1.165) is 81.7 Å². The third-order valence-electron chi connectivity index (χ3n) is 6.13. The zero-order valence-corrected chi connectivity index (χ0v) is 19.4. The first-order chi connectivity index (χ1) is 15.1. The SMILES string of the molecule is CCCCc1cc(C(=O)CCCCN(C)CCc2ccccc2OC)cc2c1OCC2. The highest BCUT2D eigenvalue weighted by Crippen LogP contribution is 2.32. The Morgan fingerprint density at radius 3 is 2.71 bits per heavy atom. The fraction of sp³-hybridized carbons (Fsp3) is 0.519. The molecule has 0 bridgehead atoms. The smallest absolute Gasteiger partial charge is 0.162 e. The van der Waals surface area contributed by atoms with Crippen LogP contribution < -0.4 is 9.47 Å². The Morgan fingerprint density at radius 2 is 1.90 bits per heavy atom. The normalized spacial score (nSPS) is 12.6. The molecular formula is C27H37NO3. The molecule has 0 unspecified atom stereocenters. The molecule has 4 heteroatoms. The first-order valence-corrected chi connectivity index (χ1v) is 11.7. The van der Waals surface area contributed by atoms with Gasteiger partial charge in [0.05, 0.1) is 13.7 Å². The number of ketones is 1. The van der Waals surface area contributed by atoms with Crippen LogP contribution in [0.15, 0.2) is 36.4 Å². The summed E-state index contributed by atoms with van der Waals surface area (Å²) in [5.74, 6) is 2.27. The maximum absolute atomic E-state index is 12.8. The number of rotatable bonds is 13. The number of ether oxygens (including phenoxy) is 2. The number of nitrogens with zero attached hydrogens (tertiary/aromatic N) is 1. The largest absolute Gasteiger partial charge is 0.496 e. The van der Waals surface area contributed by atoms with Gasteiger partial charge >= 0.3 is 0 Å². The van der Waals surface area contributed by atoms with E-state index in [9.17, 15) is 4.79 Å². The summed E-state index contributed by atoms with van der Waals surface area (Å²) in [5.41, 5.74) is 4.55. The van der Waals surface area contributed by atoms with Gasteiger partial charge in [-0.1, -0.05) is 31.5 Å². The van der Waals surface area contributed by atoms with Crippen molar-refractivity contribution in [3.63, 3.8) is 0 Å². The van der Waals surface area contributed by atoms with Gasteiger partial charge in [-0.2, -0.15) is 0 Å². The second-order valence-corrected chi connectivity index (χ2v) is 8.57.